The molecule has 5 nitrogen and oxygen atoms in total. The highest BCUT2D eigenvalue weighted by atomic mass is 16.6. The van der Waals surface area contributed by atoms with Crippen molar-refractivity contribution in [3.8, 4) is 22.6 Å². The molecule has 0 radical (unpaired) electrons. The van der Waals surface area contributed by atoms with Crippen LogP contribution < -0.4 is 9.47 Å². The Morgan fingerprint density at radius 2 is 1.57 bits per heavy atom. The molecular formula is C32H42O5. The minimum Gasteiger partial charge on any atom is -0.491 e. The summed E-state index contributed by atoms with van der Waals surface area (Å²) < 4.78 is 16.8. The van der Waals surface area contributed by atoms with Gasteiger partial charge in [-0.2, -0.15) is 0 Å². The number of rotatable bonds is 11. The van der Waals surface area contributed by atoms with Crippen LogP contribution in [0.2, 0.25) is 0 Å². The van der Waals surface area contributed by atoms with Crippen LogP contribution in [0, 0.1) is 17.8 Å². The Morgan fingerprint density at radius 3 is 2.22 bits per heavy atom. The molecule has 5 heteroatoms. The third kappa shape index (κ3) is 7.61. The Kier molecular flexibility index (Phi) is 10.1. The van der Waals surface area contributed by atoms with Crippen LogP contribution in [-0.4, -0.2) is 37.5 Å². The number of aliphatic hydroxyl groups is 1. The van der Waals surface area contributed by atoms with Crippen LogP contribution in [0.5, 0.6) is 11.5 Å². The summed E-state index contributed by atoms with van der Waals surface area (Å²) in [5.74, 6) is 4.38. The quantitative estimate of drug-likeness (QED) is 0.203. The van der Waals surface area contributed by atoms with E-state index in [-0.39, 0.29) is 26.4 Å². The topological polar surface area (TPSA) is 65.0 Å². The minimum atomic E-state index is -0.444. The number of benzene rings is 2. The fraction of sp³-hybridized carbons (Fsp3) is 0.531. The van der Waals surface area contributed by atoms with Gasteiger partial charge in [-0.15, -0.1) is 0 Å². The van der Waals surface area contributed by atoms with Crippen LogP contribution in [0.25, 0.3) is 11.1 Å². The number of carbonyl (C=O) groups excluding carboxylic acids is 1. The van der Waals surface area contributed by atoms with Crippen molar-refractivity contribution in [1.29, 1.82) is 0 Å². The van der Waals surface area contributed by atoms with Crippen LogP contribution >= 0.6 is 0 Å². The number of hydrogen-bond donors (Lipinski definition) is 1. The monoisotopic (exact) mass is 506 g/mol. The first-order chi connectivity index (χ1) is 18.1. The molecule has 2 aliphatic rings. The molecule has 0 bridgehead atoms. The number of esters is 1. The average Bonchev–Trinajstić information content (AvgIpc) is 2.95. The van der Waals surface area contributed by atoms with Crippen molar-refractivity contribution in [2.24, 2.45) is 17.8 Å². The molecule has 0 aliphatic heterocycles. The highest BCUT2D eigenvalue weighted by molar-refractivity contribution is 5.81. The average molecular weight is 507 g/mol. The van der Waals surface area contributed by atoms with E-state index in [1.54, 1.807) is 0 Å². The molecule has 2 aromatic carbocycles. The molecule has 0 saturated heterocycles. The van der Waals surface area contributed by atoms with Gasteiger partial charge >= 0.3 is 5.97 Å². The van der Waals surface area contributed by atoms with Crippen molar-refractivity contribution in [2.45, 2.75) is 64.2 Å². The van der Waals surface area contributed by atoms with Crippen LogP contribution in [0.1, 0.15) is 69.8 Å². The fourth-order valence-electron chi connectivity index (χ4n) is 6.08. The second-order valence-electron chi connectivity index (χ2n) is 10.7. The number of hydrogen-bond acceptors (Lipinski definition) is 5. The molecule has 0 atom stereocenters. The molecule has 0 unspecified atom stereocenters. The highest BCUT2D eigenvalue weighted by Gasteiger charge is 2.30. The molecule has 200 valence electrons. The van der Waals surface area contributed by atoms with Gasteiger partial charge in [-0.3, -0.25) is 0 Å². The van der Waals surface area contributed by atoms with Crippen LogP contribution in [-0.2, 0) is 9.53 Å². The SMILES string of the molecule is C=CC(=O)OCCOc1cc(C2CCC(C3CCC(C)CC3)CC2)ccc1-c1ccc(OCCO)cc1. The molecule has 0 spiro atoms. The summed E-state index contributed by atoms with van der Waals surface area (Å²) in [5, 5.41) is 8.99. The van der Waals surface area contributed by atoms with Gasteiger partial charge in [0.25, 0.3) is 0 Å². The zero-order valence-corrected chi connectivity index (χ0v) is 22.2. The van der Waals surface area contributed by atoms with Crippen molar-refractivity contribution < 1.29 is 24.1 Å². The lowest BCUT2D eigenvalue weighted by Crippen LogP contribution is -2.24. The standard InChI is InChI=1S/C32H42O5/c1-3-32(34)37-21-20-36-31-22-28(14-17-30(31)27-12-15-29(16-13-27)35-19-18-33)26-10-8-25(9-11-26)24-6-4-23(2)5-7-24/h3,12-17,22-26,33H,1,4-11,18-21H2,2H3. The predicted octanol–water partition coefficient (Wildman–Crippen LogP) is 6.93. The lowest BCUT2D eigenvalue weighted by atomic mass is 9.68. The molecule has 2 aromatic rings. The zero-order chi connectivity index (χ0) is 26.0. The van der Waals surface area contributed by atoms with Crippen molar-refractivity contribution in [1.82, 2.24) is 0 Å². The van der Waals surface area contributed by atoms with Gasteiger partial charge in [-0.1, -0.05) is 50.6 Å². The first kappa shape index (κ1) is 27.3. The number of ether oxygens (including phenoxy) is 3. The van der Waals surface area contributed by atoms with Gasteiger partial charge in [0.1, 0.15) is 31.3 Å². The van der Waals surface area contributed by atoms with E-state index < -0.39 is 5.97 Å². The predicted molar refractivity (Wildman–Crippen MR) is 147 cm³/mol. The smallest absolute Gasteiger partial charge is 0.330 e. The normalized spacial score (nSPS) is 23.7. The van der Waals surface area contributed by atoms with E-state index in [1.165, 1.54) is 56.9 Å². The van der Waals surface area contributed by atoms with Crippen LogP contribution in [0.15, 0.2) is 55.1 Å². The van der Waals surface area contributed by atoms with E-state index in [4.69, 9.17) is 19.3 Å². The molecule has 0 heterocycles. The summed E-state index contributed by atoms with van der Waals surface area (Å²) in [7, 11) is 0. The van der Waals surface area contributed by atoms with E-state index in [2.05, 4.69) is 31.7 Å². The number of aliphatic hydroxyl groups excluding tert-OH is 1. The second kappa shape index (κ2) is 13.7. The van der Waals surface area contributed by atoms with Gasteiger partial charge in [-0.25, -0.2) is 4.79 Å². The Balaban J connectivity index is 1.45. The van der Waals surface area contributed by atoms with Crippen LogP contribution in [0.3, 0.4) is 0 Å². The molecule has 1 N–H and O–H groups in total. The van der Waals surface area contributed by atoms with Gasteiger partial charge in [0.2, 0.25) is 0 Å². The highest BCUT2D eigenvalue weighted by Crippen LogP contribution is 2.45. The van der Waals surface area contributed by atoms with Crippen molar-refractivity contribution in [3.05, 3.63) is 60.7 Å². The molecule has 0 aromatic heterocycles. The third-order valence-corrected chi connectivity index (χ3v) is 8.25. The van der Waals surface area contributed by atoms with Gasteiger partial charge < -0.3 is 19.3 Å². The van der Waals surface area contributed by atoms with Gasteiger partial charge in [0.05, 0.1) is 6.61 Å². The van der Waals surface area contributed by atoms with E-state index >= 15 is 0 Å². The maximum atomic E-state index is 11.4. The molecule has 4 rings (SSSR count). The third-order valence-electron chi connectivity index (χ3n) is 8.25. The fourth-order valence-corrected chi connectivity index (χ4v) is 6.08. The van der Waals surface area contributed by atoms with Crippen molar-refractivity contribution in [3.63, 3.8) is 0 Å². The minimum absolute atomic E-state index is 0.0145. The lowest BCUT2D eigenvalue weighted by Gasteiger charge is -2.37. The Labute approximate surface area is 221 Å². The summed E-state index contributed by atoms with van der Waals surface area (Å²) in [5.41, 5.74) is 3.36. The van der Waals surface area contributed by atoms with E-state index in [0.29, 0.717) is 5.92 Å². The van der Waals surface area contributed by atoms with E-state index in [1.807, 2.05) is 24.3 Å². The first-order valence-electron chi connectivity index (χ1n) is 14.0. The molecule has 0 amide bonds. The van der Waals surface area contributed by atoms with Gasteiger partial charge in [-0.05, 0) is 91.5 Å². The van der Waals surface area contributed by atoms with Gasteiger partial charge in [0, 0.05) is 11.6 Å². The second-order valence-corrected chi connectivity index (χ2v) is 10.7. The zero-order valence-electron chi connectivity index (χ0n) is 22.2. The lowest BCUT2D eigenvalue weighted by molar-refractivity contribution is -0.138. The van der Waals surface area contributed by atoms with Crippen LogP contribution in [0.4, 0.5) is 0 Å². The van der Waals surface area contributed by atoms with Gasteiger partial charge in [0.15, 0.2) is 0 Å². The molecule has 2 saturated carbocycles. The summed E-state index contributed by atoms with van der Waals surface area (Å²) in [4.78, 5) is 11.4. The molecular weight excluding hydrogens is 464 g/mol. The Bertz CT molecular complexity index is 998. The Hall–Kier alpha value is -2.79. The largest absolute Gasteiger partial charge is 0.491 e. The van der Waals surface area contributed by atoms with Crippen molar-refractivity contribution >= 4 is 5.97 Å². The summed E-state index contributed by atoms with van der Waals surface area (Å²) in [6.07, 6.45) is 12.0. The first-order valence-corrected chi connectivity index (χ1v) is 14.0. The van der Waals surface area contributed by atoms with E-state index in [0.717, 1.165) is 46.5 Å². The maximum absolute atomic E-state index is 11.4. The summed E-state index contributed by atoms with van der Waals surface area (Å²) in [6, 6.07) is 14.4. The number of carbonyl (C=O) groups is 1. The maximum Gasteiger partial charge on any atom is 0.330 e. The summed E-state index contributed by atoms with van der Waals surface area (Å²) >= 11 is 0. The van der Waals surface area contributed by atoms with Crippen molar-refractivity contribution in [2.75, 3.05) is 26.4 Å². The summed E-state index contributed by atoms with van der Waals surface area (Å²) in [6.45, 7) is 6.55. The Morgan fingerprint density at radius 1 is 0.892 bits per heavy atom. The molecule has 2 fully saturated rings. The molecule has 37 heavy (non-hydrogen) atoms. The van der Waals surface area contributed by atoms with E-state index in [9.17, 15) is 4.79 Å². The molecule has 2 aliphatic carbocycles.